The first-order valence-corrected chi connectivity index (χ1v) is 21.3. The fraction of sp³-hybridized carbons (Fsp3) is 0.488. The molecule has 7 heterocycles. The molecule has 1 aromatic carbocycles. The summed E-state index contributed by atoms with van der Waals surface area (Å²) in [4.78, 5) is 68.1. The number of imide groups is 1. The zero-order chi connectivity index (χ0) is 43.1. The zero-order valence-electron chi connectivity index (χ0n) is 35.0. The van der Waals surface area contributed by atoms with E-state index in [0.717, 1.165) is 52.0 Å². The third kappa shape index (κ3) is 8.49. The Hall–Kier alpha value is -5.68. The molecule has 3 aliphatic rings. The molecule has 2 unspecified atom stereocenters. The van der Waals surface area contributed by atoms with Gasteiger partial charge in [0, 0.05) is 57.0 Å². The van der Waals surface area contributed by atoms with Gasteiger partial charge in [-0.05, 0) is 88.1 Å². The van der Waals surface area contributed by atoms with Gasteiger partial charge in [0.05, 0.1) is 29.7 Å². The predicted octanol–water partition coefficient (Wildman–Crippen LogP) is 5.18. The van der Waals surface area contributed by atoms with Crippen LogP contribution in [0, 0.1) is 17.7 Å². The smallest absolute Gasteiger partial charge is 0.294 e. The van der Waals surface area contributed by atoms with Gasteiger partial charge >= 0.3 is 0 Å². The molecule has 18 heteroatoms. The third-order valence-electron chi connectivity index (χ3n) is 12.4. The lowest BCUT2D eigenvalue weighted by molar-refractivity contribution is -0.134. The van der Waals surface area contributed by atoms with Crippen molar-refractivity contribution in [3.8, 4) is 5.75 Å². The SMILES string of the molecule is CNC(=O)COc1cc2cc(Nc3nc(N4CCC(CN5CCC(c6ccc7c(C8CCC(=O)NC8=O)nn(C)c7c6F)CC5)[C@@H](C)C4)ncc3Cl)cnc2n(C(C)C)c1=O. The first kappa shape index (κ1) is 42.0. The van der Waals surface area contributed by atoms with Gasteiger partial charge in [-0.1, -0.05) is 30.7 Å². The average Bonchev–Trinajstić information content (AvgIpc) is 3.58. The van der Waals surface area contributed by atoms with Crippen molar-refractivity contribution in [3.05, 3.63) is 69.1 Å². The van der Waals surface area contributed by atoms with Crippen LogP contribution in [0.5, 0.6) is 5.75 Å². The topological polar surface area (TPSA) is 181 Å². The number of amides is 3. The van der Waals surface area contributed by atoms with Gasteiger partial charge in [0.2, 0.25) is 17.8 Å². The Kier molecular flexibility index (Phi) is 12.0. The van der Waals surface area contributed by atoms with Crippen molar-refractivity contribution in [1.82, 2.24) is 44.8 Å². The van der Waals surface area contributed by atoms with Gasteiger partial charge in [0.15, 0.2) is 24.0 Å². The van der Waals surface area contributed by atoms with Gasteiger partial charge in [-0.3, -0.25) is 33.7 Å². The third-order valence-corrected chi connectivity index (χ3v) is 12.7. The number of hydrogen-bond donors (Lipinski definition) is 3. The summed E-state index contributed by atoms with van der Waals surface area (Å²) in [5.74, 6) is 0.0918. The summed E-state index contributed by atoms with van der Waals surface area (Å²) in [6.45, 7) is 10.0. The van der Waals surface area contributed by atoms with Crippen LogP contribution in [0.3, 0.4) is 0 Å². The molecule has 0 saturated carbocycles. The fourth-order valence-electron chi connectivity index (χ4n) is 9.10. The summed E-state index contributed by atoms with van der Waals surface area (Å²) in [5.41, 5.74) is 2.32. The normalized spacial score (nSPS) is 20.4. The average molecular weight is 856 g/mol. The number of carbonyl (C=O) groups is 3. The van der Waals surface area contributed by atoms with E-state index in [1.54, 1.807) is 25.5 Å². The highest BCUT2D eigenvalue weighted by molar-refractivity contribution is 6.33. The van der Waals surface area contributed by atoms with Gasteiger partial charge in [0.25, 0.3) is 11.5 Å². The van der Waals surface area contributed by atoms with Crippen LogP contribution in [0.1, 0.15) is 82.0 Å². The number of likely N-dealkylation sites (tertiary alicyclic amines) is 1. The fourth-order valence-corrected chi connectivity index (χ4v) is 9.24. The lowest BCUT2D eigenvalue weighted by Crippen LogP contribution is -2.45. The van der Waals surface area contributed by atoms with E-state index in [-0.39, 0.29) is 59.8 Å². The molecular weight excluding hydrogens is 805 g/mol. The molecule has 0 bridgehead atoms. The Bertz CT molecular complexity index is 2570. The molecular formula is C43H51ClFN11O5. The number of ether oxygens (including phenoxy) is 1. The molecule has 16 nitrogen and oxygen atoms in total. The lowest BCUT2D eigenvalue weighted by atomic mass is 9.84. The molecule has 322 valence electrons. The number of aromatic nitrogens is 6. The maximum atomic E-state index is 16.2. The quantitative estimate of drug-likeness (QED) is 0.149. The first-order valence-electron chi connectivity index (χ1n) is 20.9. The second kappa shape index (κ2) is 17.4. The van der Waals surface area contributed by atoms with Crippen LogP contribution in [0.25, 0.3) is 21.9 Å². The Morgan fingerprint density at radius 3 is 2.57 bits per heavy atom. The van der Waals surface area contributed by atoms with E-state index in [9.17, 15) is 19.2 Å². The Morgan fingerprint density at radius 2 is 1.85 bits per heavy atom. The highest BCUT2D eigenvalue weighted by Crippen LogP contribution is 2.38. The monoisotopic (exact) mass is 855 g/mol. The maximum absolute atomic E-state index is 16.2. The Balaban J connectivity index is 0.888. The van der Waals surface area contributed by atoms with Gasteiger partial charge in [-0.25, -0.2) is 14.4 Å². The van der Waals surface area contributed by atoms with Crippen LogP contribution < -0.4 is 31.1 Å². The number of nitrogens with one attached hydrogen (secondary N) is 3. The molecule has 3 fully saturated rings. The number of fused-ring (bicyclic) bond motifs is 2. The molecule has 5 aromatic rings. The zero-order valence-corrected chi connectivity index (χ0v) is 35.8. The molecule has 3 atom stereocenters. The van der Waals surface area contributed by atoms with Crippen molar-refractivity contribution >= 4 is 68.7 Å². The minimum absolute atomic E-state index is 0.0482. The van der Waals surface area contributed by atoms with E-state index in [1.807, 2.05) is 32.0 Å². The first-order chi connectivity index (χ1) is 29.3. The predicted molar refractivity (Wildman–Crippen MR) is 230 cm³/mol. The molecule has 3 saturated heterocycles. The van der Waals surface area contributed by atoms with E-state index in [0.29, 0.717) is 73.9 Å². The molecule has 0 aliphatic carbocycles. The van der Waals surface area contributed by atoms with Crippen LogP contribution in [0.15, 0.2) is 41.5 Å². The van der Waals surface area contributed by atoms with Crippen molar-refractivity contribution in [2.45, 2.75) is 70.8 Å². The number of hydrogen-bond acceptors (Lipinski definition) is 12. The second-order valence-corrected chi connectivity index (χ2v) is 17.2. The number of anilines is 3. The van der Waals surface area contributed by atoms with Gasteiger partial charge in [0.1, 0.15) is 16.2 Å². The van der Waals surface area contributed by atoms with E-state index in [1.165, 1.54) is 16.3 Å². The standard InChI is InChI=1S/C43H51ClFN11O5/c1-23(2)56-40-27(17-33(42(56)60)61-22-35(58)46-4)16-28(18-47-40)49-39-32(44)19-48-43(51-39)55-15-12-26(24(3)20-55)21-54-13-10-25(11-14-54)29-6-7-30-37(52-53(5)38(30)36(29)45)31-8-9-34(57)50-41(31)59/h6-7,16-19,23-26,31H,8-15,20-22H2,1-5H3,(H,46,58)(H,48,49,51)(H,50,57,59)/t24-,26?,31?/m0/s1. The molecule has 3 amide bonds. The molecule has 8 rings (SSSR count). The number of nitrogens with zero attached hydrogens (tertiary/aromatic N) is 8. The van der Waals surface area contributed by atoms with Gasteiger partial charge in [-0.15, -0.1) is 0 Å². The largest absolute Gasteiger partial charge is 0.478 e. The summed E-state index contributed by atoms with van der Waals surface area (Å²) in [5, 5.41) is 14.3. The van der Waals surface area contributed by atoms with Crippen molar-refractivity contribution in [3.63, 3.8) is 0 Å². The number of rotatable bonds is 11. The summed E-state index contributed by atoms with van der Waals surface area (Å²) in [6, 6.07) is 6.96. The number of pyridine rings is 2. The number of halogens is 2. The minimum atomic E-state index is -0.577. The number of aryl methyl sites for hydroxylation is 1. The maximum Gasteiger partial charge on any atom is 0.294 e. The van der Waals surface area contributed by atoms with Gasteiger partial charge in [-0.2, -0.15) is 10.1 Å². The van der Waals surface area contributed by atoms with Crippen LogP contribution >= 0.6 is 11.6 Å². The number of likely N-dealkylation sites (N-methyl/N-ethyl adjacent to an activating group) is 1. The number of carbonyl (C=O) groups excluding carboxylic acids is 3. The summed E-state index contributed by atoms with van der Waals surface area (Å²) in [7, 11) is 3.21. The molecule has 61 heavy (non-hydrogen) atoms. The number of benzene rings is 1. The number of piperidine rings is 3. The summed E-state index contributed by atoms with van der Waals surface area (Å²) >= 11 is 6.61. The van der Waals surface area contributed by atoms with Crippen molar-refractivity contribution < 1.29 is 23.5 Å². The molecule has 4 aromatic heterocycles. The van der Waals surface area contributed by atoms with Crippen molar-refractivity contribution in [2.24, 2.45) is 18.9 Å². The van der Waals surface area contributed by atoms with Crippen LogP contribution in [-0.2, 0) is 21.4 Å². The molecule has 0 spiro atoms. The molecule has 0 radical (unpaired) electrons. The minimum Gasteiger partial charge on any atom is -0.478 e. The van der Waals surface area contributed by atoms with Crippen LogP contribution in [0.4, 0.5) is 21.8 Å². The van der Waals surface area contributed by atoms with Crippen molar-refractivity contribution in [2.75, 3.05) is 56.6 Å². The van der Waals surface area contributed by atoms with E-state index in [2.05, 4.69) is 47.7 Å². The highest BCUT2D eigenvalue weighted by atomic mass is 35.5. The molecule has 3 aliphatic heterocycles. The van der Waals surface area contributed by atoms with Crippen LogP contribution in [-0.4, -0.2) is 98.3 Å². The van der Waals surface area contributed by atoms with E-state index in [4.69, 9.17) is 21.3 Å². The van der Waals surface area contributed by atoms with Crippen LogP contribution in [0.2, 0.25) is 5.02 Å². The Morgan fingerprint density at radius 1 is 1.07 bits per heavy atom. The lowest BCUT2D eigenvalue weighted by Gasteiger charge is -2.41. The van der Waals surface area contributed by atoms with Crippen molar-refractivity contribution in [1.29, 1.82) is 0 Å². The Labute approximate surface area is 357 Å². The van der Waals surface area contributed by atoms with E-state index >= 15 is 4.39 Å². The summed E-state index contributed by atoms with van der Waals surface area (Å²) in [6.07, 6.45) is 6.47. The highest BCUT2D eigenvalue weighted by Gasteiger charge is 2.34. The second-order valence-electron chi connectivity index (χ2n) is 16.8. The summed E-state index contributed by atoms with van der Waals surface area (Å²) < 4.78 is 24.9. The van der Waals surface area contributed by atoms with Gasteiger partial charge < -0.3 is 25.2 Å². The van der Waals surface area contributed by atoms with E-state index < -0.39 is 5.92 Å². The molecule has 3 N–H and O–H groups in total.